The molecule has 0 unspecified atom stereocenters. The lowest BCUT2D eigenvalue weighted by molar-refractivity contribution is -0.142. The first-order valence-corrected chi connectivity index (χ1v) is 15.5. The van der Waals surface area contributed by atoms with E-state index in [0.717, 1.165) is 38.8 Å². The molecule has 1 spiro atoms. The standard InChI is InChI=1S/C32H44N4O5/c1-20-8-7-9-24(21(20)2)34-30(38)28-32-15-14-25(41-32)26(29(37)33-22-10-12-23(40-3)13-11-22)27(32)31(39)36(28)19-18-35-16-5-4-6-17-35/h10-15,20-21,24-28H,4-9,16-19H2,1-3H3,(H,33,37)(H,34,38)/t20-,21+,24-,25+,26-,27+,28+,32+/m1/s1. The number of likely N-dealkylation sites (tertiary alicyclic amines) is 2. The zero-order valence-corrected chi connectivity index (χ0v) is 24.5. The maximum atomic E-state index is 14.2. The van der Waals surface area contributed by atoms with Crippen molar-refractivity contribution >= 4 is 23.4 Å². The van der Waals surface area contributed by atoms with Crippen molar-refractivity contribution in [3.63, 3.8) is 0 Å². The Morgan fingerprint density at radius 1 is 1.02 bits per heavy atom. The Kier molecular flexibility index (Phi) is 7.85. The van der Waals surface area contributed by atoms with E-state index in [0.29, 0.717) is 36.4 Å². The molecule has 5 aliphatic rings. The Bertz CT molecular complexity index is 1180. The van der Waals surface area contributed by atoms with Crippen LogP contribution in [0.1, 0.15) is 52.4 Å². The molecule has 222 valence electrons. The number of carbonyl (C=O) groups excluding carboxylic acids is 3. The van der Waals surface area contributed by atoms with Gasteiger partial charge in [-0.3, -0.25) is 14.4 Å². The van der Waals surface area contributed by atoms with Crippen LogP contribution in [-0.4, -0.2) is 84.6 Å². The number of nitrogens with one attached hydrogen (secondary N) is 2. The number of amides is 3. The van der Waals surface area contributed by atoms with Crippen LogP contribution in [0.25, 0.3) is 0 Å². The smallest absolute Gasteiger partial charge is 0.246 e. The van der Waals surface area contributed by atoms with Gasteiger partial charge in [0.25, 0.3) is 0 Å². The van der Waals surface area contributed by atoms with Crippen LogP contribution < -0.4 is 15.4 Å². The predicted molar refractivity (Wildman–Crippen MR) is 155 cm³/mol. The summed E-state index contributed by atoms with van der Waals surface area (Å²) >= 11 is 0. The molecule has 0 aromatic heterocycles. The Morgan fingerprint density at radius 2 is 1.78 bits per heavy atom. The second kappa shape index (κ2) is 11.4. The molecule has 2 bridgehead atoms. The number of methoxy groups -OCH3 is 1. The van der Waals surface area contributed by atoms with Gasteiger partial charge in [-0.05, 0) is 68.5 Å². The van der Waals surface area contributed by atoms with Gasteiger partial charge in [0.15, 0.2) is 0 Å². The van der Waals surface area contributed by atoms with Crippen LogP contribution in [0.2, 0.25) is 0 Å². The van der Waals surface area contributed by atoms with E-state index in [1.165, 1.54) is 12.8 Å². The third kappa shape index (κ3) is 5.05. The highest BCUT2D eigenvalue weighted by molar-refractivity contribution is 6.02. The number of anilines is 1. The number of carbonyl (C=O) groups is 3. The molecule has 3 amide bonds. The number of hydrogen-bond acceptors (Lipinski definition) is 6. The lowest BCUT2D eigenvalue weighted by Gasteiger charge is -2.38. The molecule has 41 heavy (non-hydrogen) atoms. The summed E-state index contributed by atoms with van der Waals surface area (Å²) in [6.45, 7) is 7.64. The van der Waals surface area contributed by atoms with E-state index in [4.69, 9.17) is 9.47 Å². The normalized spacial score (nSPS) is 36.3. The summed E-state index contributed by atoms with van der Waals surface area (Å²) in [4.78, 5) is 46.2. The van der Waals surface area contributed by atoms with Crippen LogP contribution in [-0.2, 0) is 19.1 Å². The summed E-state index contributed by atoms with van der Waals surface area (Å²) in [6, 6.07) is 6.39. The van der Waals surface area contributed by atoms with E-state index in [1.54, 1.807) is 36.3 Å². The molecule has 4 aliphatic heterocycles. The van der Waals surface area contributed by atoms with E-state index in [-0.39, 0.29) is 23.8 Å². The summed E-state index contributed by atoms with van der Waals surface area (Å²) in [7, 11) is 1.59. The van der Waals surface area contributed by atoms with Gasteiger partial charge in [-0.2, -0.15) is 0 Å². The average molecular weight is 565 g/mol. The minimum Gasteiger partial charge on any atom is -0.497 e. The van der Waals surface area contributed by atoms with Crippen molar-refractivity contribution in [1.82, 2.24) is 15.1 Å². The van der Waals surface area contributed by atoms with Crippen LogP contribution in [0, 0.1) is 23.7 Å². The number of fused-ring (bicyclic) bond motifs is 1. The molecule has 0 radical (unpaired) electrons. The highest BCUT2D eigenvalue weighted by atomic mass is 16.5. The van der Waals surface area contributed by atoms with E-state index >= 15 is 0 Å². The first-order valence-electron chi connectivity index (χ1n) is 15.5. The third-order valence-corrected chi connectivity index (χ3v) is 10.4. The largest absolute Gasteiger partial charge is 0.497 e. The van der Waals surface area contributed by atoms with Crippen LogP contribution in [0.5, 0.6) is 5.75 Å². The molecule has 9 nitrogen and oxygen atoms in total. The molecule has 2 N–H and O–H groups in total. The number of nitrogens with zero attached hydrogens (tertiary/aromatic N) is 2. The summed E-state index contributed by atoms with van der Waals surface area (Å²) in [6.07, 6.45) is 9.97. The summed E-state index contributed by atoms with van der Waals surface area (Å²) < 4.78 is 11.8. The van der Waals surface area contributed by atoms with Crippen LogP contribution in [0.4, 0.5) is 5.69 Å². The van der Waals surface area contributed by atoms with Crippen LogP contribution in [0.3, 0.4) is 0 Å². The number of piperidine rings is 1. The molecule has 6 rings (SSSR count). The van der Waals surface area contributed by atoms with Crippen molar-refractivity contribution in [2.45, 2.75) is 76.2 Å². The minimum atomic E-state index is -1.14. The first-order chi connectivity index (χ1) is 19.8. The predicted octanol–water partition coefficient (Wildman–Crippen LogP) is 3.21. The Morgan fingerprint density at radius 3 is 2.51 bits per heavy atom. The fourth-order valence-electron chi connectivity index (χ4n) is 7.89. The maximum absolute atomic E-state index is 14.2. The molecular formula is C32H44N4O5. The zero-order chi connectivity index (χ0) is 28.7. The Labute approximate surface area is 243 Å². The summed E-state index contributed by atoms with van der Waals surface area (Å²) in [5, 5.41) is 6.32. The Balaban J connectivity index is 1.26. The molecule has 1 aromatic rings. The molecule has 1 saturated carbocycles. The number of hydrogen-bond donors (Lipinski definition) is 2. The maximum Gasteiger partial charge on any atom is 0.246 e. The Hall–Kier alpha value is -2.91. The van der Waals surface area contributed by atoms with Gasteiger partial charge in [0, 0.05) is 24.8 Å². The minimum absolute atomic E-state index is 0.0671. The lowest BCUT2D eigenvalue weighted by Crippen LogP contribution is -2.58. The van der Waals surface area contributed by atoms with Gasteiger partial charge >= 0.3 is 0 Å². The van der Waals surface area contributed by atoms with Crippen LogP contribution >= 0.6 is 0 Å². The molecule has 4 fully saturated rings. The van der Waals surface area contributed by atoms with Gasteiger partial charge in [0.2, 0.25) is 17.7 Å². The van der Waals surface area contributed by atoms with Crippen molar-refractivity contribution < 1.29 is 23.9 Å². The number of rotatable bonds is 8. The molecule has 1 aliphatic carbocycles. The monoisotopic (exact) mass is 564 g/mol. The van der Waals surface area contributed by atoms with E-state index in [9.17, 15) is 14.4 Å². The van der Waals surface area contributed by atoms with Crippen molar-refractivity contribution in [2.75, 3.05) is 38.6 Å². The van der Waals surface area contributed by atoms with Crippen molar-refractivity contribution in [2.24, 2.45) is 23.7 Å². The van der Waals surface area contributed by atoms with Gasteiger partial charge in [-0.25, -0.2) is 0 Å². The molecule has 1 aromatic carbocycles. The molecule has 3 saturated heterocycles. The second-order valence-electron chi connectivity index (χ2n) is 12.7. The summed E-state index contributed by atoms with van der Waals surface area (Å²) in [5.74, 6) is -0.449. The molecular weight excluding hydrogens is 520 g/mol. The number of ether oxygens (including phenoxy) is 2. The SMILES string of the molecule is COc1ccc(NC(=O)[C@@H]2[C@@H]3C=C[C@]4(O3)[C@@H]2C(=O)N(CCN2CCCCC2)[C@H]4C(=O)N[C@@H]2CCC[C@@H](C)[C@@H]2C)cc1. The van der Waals surface area contributed by atoms with E-state index in [2.05, 4.69) is 29.4 Å². The van der Waals surface area contributed by atoms with Gasteiger partial charge in [0.05, 0.1) is 25.0 Å². The molecule has 9 heteroatoms. The topological polar surface area (TPSA) is 100 Å². The number of benzene rings is 1. The van der Waals surface area contributed by atoms with E-state index in [1.807, 2.05) is 12.2 Å². The van der Waals surface area contributed by atoms with Gasteiger partial charge in [0.1, 0.15) is 17.4 Å². The second-order valence-corrected chi connectivity index (χ2v) is 12.7. The lowest BCUT2D eigenvalue weighted by atomic mass is 9.73. The average Bonchev–Trinajstić information content (AvgIpc) is 3.62. The van der Waals surface area contributed by atoms with Gasteiger partial charge in [-0.1, -0.05) is 45.3 Å². The van der Waals surface area contributed by atoms with Crippen molar-refractivity contribution in [3.05, 3.63) is 36.4 Å². The van der Waals surface area contributed by atoms with E-state index < -0.39 is 29.6 Å². The molecule has 8 atom stereocenters. The van der Waals surface area contributed by atoms with Gasteiger partial charge < -0.3 is 29.9 Å². The first kappa shape index (κ1) is 28.2. The fourth-order valence-corrected chi connectivity index (χ4v) is 7.89. The molecule has 4 heterocycles. The third-order valence-electron chi connectivity index (χ3n) is 10.4. The van der Waals surface area contributed by atoms with Gasteiger partial charge in [-0.15, -0.1) is 0 Å². The van der Waals surface area contributed by atoms with Crippen LogP contribution in [0.15, 0.2) is 36.4 Å². The van der Waals surface area contributed by atoms with Crippen molar-refractivity contribution in [1.29, 1.82) is 0 Å². The zero-order valence-electron chi connectivity index (χ0n) is 24.5. The van der Waals surface area contributed by atoms with Crippen molar-refractivity contribution in [3.8, 4) is 5.75 Å². The highest BCUT2D eigenvalue weighted by Crippen LogP contribution is 2.55. The summed E-state index contributed by atoms with van der Waals surface area (Å²) in [5.41, 5.74) is -0.516. The fraction of sp³-hybridized carbons (Fsp3) is 0.656. The quantitative estimate of drug-likeness (QED) is 0.471. The highest BCUT2D eigenvalue weighted by Gasteiger charge is 2.72.